The third-order valence-electron chi connectivity index (χ3n) is 6.65. The van der Waals surface area contributed by atoms with Crippen molar-refractivity contribution < 1.29 is 19.1 Å². The van der Waals surface area contributed by atoms with Gasteiger partial charge in [-0.15, -0.1) is 0 Å². The van der Waals surface area contributed by atoms with Crippen molar-refractivity contribution in [3.63, 3.8) is 0 Å². The quantitative estimate of drug-likeness (QED) is 0.557. The van der Waals surface area contributed by atoms with E-state index in [0.29, 0.717) is 23.6 Å². The van der Waals surface area contributed by atoms with Gasteiger partial charge in [-0.05, 0) is 24.7 Å². The summed E-state index contributed by atoms with van der Waals surface area (Å²) >= 11 is 1.59. The van der Waals surface area contributed by atoms with Crippen LogP contribution in [-0.2, 0) is 29.8 Å². The topological polar surface area (TPSA) is 108 Å². The van der Waals surface area contributed by atoms with Crippen LogP contribution >= 0.6 is 11.3 Å². The fraction of sp³-hybridized carbons (Fsp3) is 0.364. The molecular weight excluding hydrogens is 444 g/mol. The molecule has 5 heterocycles. The number of methoxy groups -OCH3 is 1. The monoisotopic (exact) mass is 466 g/mol. The van der Waals surface area contributed by atoms with Crippen molar-refractivity contribution >= 4 is 34.1 Å². The first-order valence-corrected chi connectivity index (χ1v) is 11.5. The number of urea groups is 1. The largest absolute Gasteiger partial charge is 0.497 e. The number of fused-ring (bicyclic) bond motifs is 4. The summed E-state index contributed by atoms with van der Waals surface area (Å²) in [6.45, 7) is 2.13. The van der Waals surface area contributed by atoms with Crippen molar-refractivity contribution in [3.8, 4) is 5.75 Å². The summed E-state index contributed by atoms with van der Waals surface area (Å²) in [6.07, 6.45) is 2.72. The van der Waals surface area contributed by atoms with Crippen LogP contribution in [0.5, 0.6) is 5.75 Å². The Morgan fingerprint density at radius 3 is 2.85 bits per heavy atom. The molecule has 1 fully saturated rings. The summed E-state index contributed by atoms with van der Waals surface area (Å²) in [4.78, 5) is 49.1. The van der Waals surface area contributed by atoms with Gasteiger partial charge in [-0.1, -0.05) is 17.4 Å². The van der Waals surface area contributed by atoms with Gasteiger partial charge in [-0.25, -0.2) is 9.78 Å². The molecule has 6 rings (SSSR count). The van der Waals surface area contributed by atoms with E-state index in [-0.39, 0.29) is 12.5 Å². The van der Waals surface area contributed by atoms with Crippen molar-refractivity contribution in [1.82, 2.24) is 29.8 Å². The molecule has 2 N–H and O–H groups in total. The predicted molar refractivity (Wildman–Crippen MR) is 119 cm³/mol. The van der Waals surface area contributed by atoms with Crippen LogP contribution in [0, 0.1) is 0 Å². The normalized spacial score (nSPS) is 22.5. The van der Waals surface area contributed by atoms with E-state index < -0.39 is 17.5 Å². The van der Waals surface area contributed by atoms with Gasteiger partial charge in [0.25, 0.3) is 11.8 Å². The summed E-state index contributed by atoms with van der Waals surface area (Å²) in [5.41, 5.74) is 1.55. The number of hydrogen-bond acceptors (Lipinski definition) is 7. The molecule has 170 valence electrons. The molecule has 1 aromatic carbocycles. The number of nitrogens with one attached hydrogen (secondary N) is 2. The van der Waals surface area contributed by atoms with Gasteiger partial charge < -0.3 is 19.9 Å². The molecule has 0 saturated carbocycles. The summed E-state index contributed by atoms with van der Waals surface area (Å²) in [6, 6.07) is 4.76. The number of rotatable bonds is 4. The Morgan fingerprint density at radius 1 is 1.24 bits per heavy atom. The standard InChI is InChI=1S/C22H22N6O4S/c1-26-6-5-15-16(9-26)33-21-23-17(10-28(15)21)22(19(30)24-20(31)25-22)11-27-8-12-3-4-13(32-2)7-14(12)18(27)29/h3-4,7,10H,5-6,8-9,11H2,1-2H3,(H2,24,25,30,31). The number of imidazole rings is 1. The van der Waals surface area contributed by atoms with E-state index in [0.717, 1.165) is 30.0 Å². The third-order valence-corrected chi connectivity index (χ3v) is 7.73. The molecule has 1 unspecified atom stereocenters. The maximum Gasteiger partial charge on any atom is 0.322 e. The molecule has 3 aliphatic heterocycles. The van der Waals surface area contributed by atoms with E-state index in [2.05, 4.69) is 22.6 Å². The van der Waals surface area contributed by atoms with Crippen LogP contribution in [0.25, 0.3) is 4.96 Å². The lowest BCUT2D eigenvalue weighted by atomic mass is 9.95. The number of ether oxygens (including phenoxy) is 1. The SMILES string of the molecule is COc1ccc2c(c1)C(=O)N(CC1(c3cn4c5c(sc4n3)CN(C)CC5)NC(=O)NC1=O)C2. The molecule has 33 heavy (non-hydrogen) atoms. The van der Waals surface area contributed by atoms with Crippen molar-refractivity contribution in [3.05, 3.63) is 51.8 Å². The van der Waals surface area contributed by atoms with Gasteiger partial charge in [0.1, 0.15) is 5.75 Å². The number of imide groups is 1. The molecular formula is C22H22N6O4S. The molecule has 1 saturated heterocycles. The van der Waals surface area contributed by atoms with Crippen molar-refractivity contribution in [2.75, 3.05) is 27.2 Å². The maximum absolute atomic E-state index is 13.2. The average molecular weight is 467 g/mol. The van der Waals surface area contributed by atoms with Gasteiger partial charge in [0.15, 0.2) is 10.5 Å². The minimum Gasteiger partial charge on any atom is -0.497 e. The summed E-state index contributed by atoms with van der Waals surface area (Å²) < 4.78 is 7.27. The molecule has 0 aliphatic carbocycles. The molecule has 0 bridgehead atoms. The molecule has 1 atom stereocenters. The lowest BCUT2D eigenvalue weighted by Gasteiger charge is -2.29. The van der Waals surface area contributed by atoms with E-state index in [4.69, 9.17) is 9.72 Å². The fourth-order valence-electron chi connectivity index (χ4n) is 4.89. The Balaban J connectivity index is 1.38. The van der Waals surface area contributed by atoms with E-state index in [1.807, 2.05) is 16.7 Å². The second-order valence-corrected chi connectivity index (χ2v) is 9.80. The van der Waals surface area contributed by atoms with Crippen molar-refractivity contribution in [2.24, 2.45) is 0 Å². The van der Waals surface area contributed by atoms with Crippen LogP contribution in [0.1, 0.15) is 32.2 Å². The smallest absolute Gasteiger partial charge is 0.322 e. The maximum atomic E-state index is 13.2. The van der Waals surface area contributed by atoms with Gasteiger partial charge >= 0.3 is 6.03 Å². The highest BCUT2D eigenvalue weighted by Crippen LogP contribution is 2.35. The highest BCUT2D eigenvalue weighted by atomic mass is 32.1. The first-order chi connectivity index (χ1) is 15.9. The predicted octanol–water partition coefficient (Wildman–Crippen LogP) is 1.08. The lowest BCUT2D eigenvalue weighted by molar-refractivity contribution is -0.124. The first-order valence-electron chi connectivity index (χ1n) is 10.7. The highest BCUT2D eigenvalue weighted by Gasteiger charge is 2.52. The Morgan fingerprint density at radius 2 is 2.09 bits per heavy atom. The van der Waals surface area contributed by atoms with Gasteiger partial charge in [0.05, 0.1) is 19.3 Å². The molecule has 0 radical (unpaired) electrons. The average Bonchev–Trinajstić information content (AvgIpc) is 3.50. The zero-order valence-electron chi connectivity index (χ0n) is 18.2. The Kier molecular flexibility index (Phi) is 4.30. The second-order valence-electron chi connectivity index (χ2n) is 8.74. The van der Waals surface area contributed by atoms with E-state index in [1.54, 1.807) is 35.5 Å². The van der Waals surface area contributed by atoms with E-state index in [1.165, 1.54) is 10.6 Å². The second kappa shape index (κ2) is 7.03. The number of nitrogens with zero attached hydrogens (tertiary/aromatic N) is 4. The van der Waals surface area contributed by atoms with Gasteiger partial charge in [-0.2, -0.15) is 0 Å². The van der Waals surface area contributed by atoms with Crippen LogP contribution in [0.3, 0.4) is 0 Å². The van der Waals surface area contributed by atoms with Crippen molar-refractivity contribution in [2.45, 2.75) is 25.0 Å². The zero-order valence-corrected chi connectivity index (χ0v) is 19.0. The minimum absolute atomic E-state index is 0.0177. The van der Waals surface area contributed by atoms with Crippen molar-refractivity contribution in [1.29, 1.82) is 0 Å². The van der Waals surface area contributed by atoms with Crippen LogP contribution < -0.4 is 15.4 Å². The van der Waals surface area contributed by atoms with Gasteiger partial charge in [0.2, 0.25) is 0 Å². The first kappa shape index (κ1) is 20.2. The molecule has 4 amide bonds. The molecule has 0 spiro atoms. The van der Waals surface area contributed by atoms with Crippen LogP contribution in [0.2, 0.25) is 0 Å². The molecule has 11 heteroatoms. The van der Waals surface area contributed by atoms with Gasteiger partial charge in [-0.3, -0.25) is 19.3 Å². The Labute approximate surface area is 193 Å². The number of thiazole rings is 1. The molecule has 10 nitrogen and oxygen atoms in total. The number of hydrogen-bond donors (Lipinski definition) is 2. The van der Waals surface area contributed by atoms with Crippen LogP contribution in [0.15, 0.2) is 24.4 Å². The number of likely N-dealkylation sites (N-methyl/N-ethyl adjacent to an activating group) is 1. The van der Waals surface area contributed by atoms with Crippen LogP contribution in [-0.4, -0.2) is 64.3 Å². The number of benzene rings is 1. The number of carbonyl (C=O) groups is 3. The summed E-state index contributed by atoms with van der Waals surface area (Å²) in [5, 5.41) is 5.11. The number of carbonyl (C=O) groups excluding carboxylic acids is 3. The van der Waals surface area contributed by atoms with Gasteiger partial charge in [0, 0.05) is 48.4 Å². The zero-order chi connectivity index (χ0) is 22.9. The van der Waals surface area contributed by atoms with E-state index in [9.17, 15) is 14.4 Å². The summed E-state index contributed by atoms with van der Waals surface area (Å²) in [5.74, 6) is -0.123. The number of aromatic nitrogens is 2. The lowest BCUT2D eigenvalue weighted by Crippen LogP contribution is -2.53. The molecule has 3 aromatic rings. The third kappa shape index (κ3) is 2.96. The molecule has 2 aromatic heterocycles. The van der Waals surface area contributed by atoms with E-state index >= 15 is 0 Å². The van der Waals surface area contributed by atoms with Crippen LogP contribution in [0.4, 0.5) is 4.79 Å². The Hall–Kier alpha value is -3.44. The Bertz CT molecular complexity index is 1350. The minimum atomic E-state index is -1.46. The summed E-state index contributed by atoms with van der Waals surface area (Å²) in [7, 11) is 3.64. The highest BCUT2D eigenvalue weighted by molar-refractivity contribution is 7.17. The number of amides is 4. The molecule has 3 aliphatic rings. The fourth-order valence-corrected chi connectivity index (χ4v) is 6.12.